The molecule has 6 nitrogen and oxygen atoms in total. The molecule has 0 saturated heterocycles. The lowest BCUT2D eigenvalue weighted by Gasteiger charge is -2.11. The molecule has 0 aliphatic rings. The summed E-state index contributed by atoms with van der Waals surface area (Å²) in [6.07, 6.45) is 2.18. The molecule has 0 atom stereocenters. The number of rotatable bonds is 4. The summed E-state index contributed by atoms with van der Waals surface area (Å²) in [5.41, 5.74) is 4.53. The highest BCUT2D eigenvalue weighted by atomic mass is 32.2. The number of anilines is 1. The first kappa shape index (κ1) is 16.4. The molecule has 1 aromatic carbocycles. The molecule has 24 heavy (non-hydrogen) atoms. The van der Waals surface area contributed by atoms with Crippen molar-refractivity contribution in [3.8, 4) is 0 Å². The molecule has 1 N–H and O–H groups in total. The van der Waals surface area contributed by atoms with Crippen LogP contribution >= 0.6 is 11.8 Å². The Morgan fingerprint density at radius 2 is 1.88 bits per heavy atom. The average Bonchev–Trinajstić information content (AvgIpc) is 2.97. The predicted octanol–water partition coefficient (Wildman–Crippen LogP) is 2.95. The Morgan fingerprint density at radius 1 is 1.17 bits per heavy atom. The van der Waals surface area contributed by atoms with Crippen LogP contribution in [0.2, 0.25) is 0 Å². The summed E-state index contributed by atoms with van der Waals surface area (Å²) in [5, 5.41) is 8.00. The Hall–Kier alpha value is -2.41. The number of benzene rings is 1. The second-order valence-corrected chi connectivity index (χ2v) is 6.44. The third kappa shape index (κ3) is 3.26. The number of fused-ring (bicyclic) bond motifs is 1. The van der Waals surface area contributed by atoms with Crippen molar-refractivity contribution in [2.45, 2.75) is 32.3 Å². The second-order valence-electron chi connectivity index (χ2n) is 5.66. The van der Waals surface area contributed by atoms with Gasteiger partial charge in [0.1, 0.15) is 0 Å². The zero-order valence-electron chi connectivity index (χ0n) is 14.1. The van der Waals surface area contributed by atoms with Crippen LogP contribution in [0, 0.1) is 20.8 Å². The predicted molar refractivity (Wildman–Crippen MR) is 95.5 cm³/mol. The maximum atomic E-state index is 12.4. The number of aromatic nitrogens is 4. The summed E-state index contributed by atoms with van der Waals surface area (Å²) < 4.78 is 1.70. The average molecular weight is 341 g/mol. The number of aryl methyl sites for hydroxylation is 3. The number of thioether (sulfide) groups is 1. The van der Waals surface area contributed by atoms with Crippen LogP contribution in [0.25, 0.3) is 5.78 Å². The molecule has 124 valence electrons. The van der Waals surface area contributed by atoms with Crippen molar-refractivity contribution >= 4 is 29.1 Å². The number of nitrogens with zero attached hydrogens (tertiary/aromatic N) is 4. The molecule has 1 amide bonds. The van der Waals surface area contributed by atoms with Crippen molar-refractivity contribution in [2.24, 2.45) is 0 Å². The van der Waals surface area contributed by atoms with Crippen molar-refractivity contribution in [3.63, 3.8) is 0 Å². The van der Waals surface area contributed by atoms with E-state index in [1.54, 1.807) is 4.52 Å². The van der Waals surface area contributed by atoms with Crippen molar-refractivity contribution in [1.29, 1.82) is 0 Å². The van der Waals surface area contributed by atoms with Gasteiger partial charge in [-0.15, -0.1) is 5.10 Å². The van der Waals surface area contributed by atoms with Crippen molar-refractivity contribution < 1.29 is 4.79 Å². The van der Waals surface area contributed by atoms with E-state index >= 15 is 0 Å². The molecule has 0 aliphatic carbocycles. The van der Waals surface area contributed by atoms with Crippen molar-refractivity contribution in [2.75, 3.05) is 11.6 Å². The summed E-state index contributed by atoms with van der Waals surface area (Å²) in [7, 11) is 0. The Bertz CT molecular complexity index is 901. The Morgan fingerprint density at radius 3 is 2.54 bits per heavy atom. The lowest BCUT2D eigenvalue weighted by molar-refractivity contribution is -0.115. The van der Waals surface area contributed by atoms with Crippen LogP contribution in [-0.4, -0.2) is 31.7 Å². The molecule has 0 spiro atoms. The van der Waals surface area contributed by atoms with E-state index in [2.05, 4.69) is 20.4 Å². The quantitative estimate of drug-likeness (QED) is 0.739. The van der Waals surface area contributed by atoms with Gasteiger partial charge in [-0.1, -0.05) is 29.5 Å². The Labute approximate surface area is 144 Å². The van der Waals surface area contributed by atoms with E-state index in [1.165, 1.54) is 11.8 Å². The summed E-state index contributed by atoms with van der Waals surface area (Å²) in [6.45, 7) is 5.85. The SMILES string of the molecule is CSc1nc2nc(C)c(CC(=O)Nc3ccc(C)cc3)c(C)n2n1. The molecule has 2 aromatic heterocycles. The molecule has 0 unspecified atom stereocenters. The van der Waals surface area contributed by atoms with Crippen LogP contribution in [0.4, 0.5) is 5.69 Å². The first-order chi connectivity index (χ1) is 11.5. The van der Waals surface area contributed by atoms with Crippen LogP contribution < -0.4 is 5.32 Å². The van der Waals surface area contributed by atoms with Crippen molar-refractivity contribution in [3.05, 3.63) is 46.8 Å². The van der Waals surface area contributed by atoms with Gasteiger partial charge >= 0.3 is 0 Å². The summed E-state index contributed by atoms with van der Waals surface area (Å²) in [4.78, 5) is 21.2. The highest BCUT2D eigenvalue weighted by Crippen LogP contribution is 2.18. The maximum Gasteiger partial charge on any atom is 0.253 e. The number of carbonyl (C=O) groups excluding carboxylic acids is 1. The normalized spacial score (nSPS) is 11.0. The number of hydrogen-bond acceptors (Lipinski definition) is 5. The van der Waals surface area contributed by atoms with E-state index in [4.69, 9.17) is 0 Å². The topological polar surface area (TPSA) is 72.2 Å². The van der Waals surface area contributed by atoms with Gasteiger partial charge in [-0.05, 0) is 39.2 Å². The first-order valence-corrected chi connectivity index (χ1v) is 8.83. The standard InChI is InChI=1S/C17H19N5OS/c1-10-5-7-13(8-6-10)19-15(23)9-14-11(2)18-16-20-17(24-4)21-22(16)12(14)3/h5-8H,9H2,1-4H3,(H,19,23). The summed E-state index contributed by atoms with van der Waals surface area (Å²) in [6, 6.07) is 7.74. The summed E-state index contributed by atoms with van der Waals surface area (Å²) >= 11 is 1.47. The van der Waals surface area contributed by atoms with Gasteiger partial charge in [0.25, 0.3) is 5.78 Å². The maximum absolute atomic E-state index is 12.4. The van der Waals surface area contributed by atoms with Gasteiger partial charge in [0.2, 0.25) is 11.1 Å². The molecular formula is C17H19N5OS. The molecule has 0 radical (unpaired) electrons. The Kier molecular flexibility index (Phi) is 4.53. The van der Waals surface area contributed by atoms with Crippen molar-refractivity contribution in [1.82, 2.24) is 19.6 Å². The number of carbonyl (C=O) groups is 1. The Balaban J connectivity index is 1.86. The minimum absolute atomic E-state index is 0.0728. The molecular weight excluding hydrogens is 322 g/mol. The van der Waals surface area contributed by atoms with Crippen LogP contribution in [0.5, 0.6) is 0 Å². The number of amides is 1. The van der Waals surface area contributed by atoms with Crippen LogP contribution in [-0.2, 0) is 11.2 Å². The largest absolute Gasteiger partial charge is 0.326 e. The number of hydrogen-bond donors (Lipinski definition) is 1. The van der Waals surface area contributed by atoms with E-state index < -0.39 is 0 Å². The third-order valence-corrected chi connectivity index (χ3v) is 4.42. The van der Waals surface area contributed by atoms with Crippen LogP contribution in [0.15, 0.2) is 29.4 Å². The lowest BCUT2D eigenvalue weighted by Crippen LogP contribution is -2.17. The molecule has 7 heteroatoms. The van der Waals surface area contributed by atoms with Gasteiger partial charge in [0, 0.05) is 22.6 Å². The van der Waals surface area contributed by atoms with Crippen LogP contribution in [0.1, 0.15) is 22.5 Å². The zero-order chi connectivity index (χ0) is 17.3. The molecule has 0 saturated carbocycles. The van der Waals surface area contributed by atoms with E-state index in [1.807, 2.05) is 51.3 Å². The molecule has 2 heterocycles. The van der Waals surface area contributed by atoms with Crippen LogP contribution in [0.3, 0.4) is 0 Å². The molecule has 0 bridgehead atoms. The third-order valence-electron chi connectivity index (χ3n) is 3.88. The minimum Gasteiger partial charge on any atom is -0.326 e. The van der Waals surface area contributed by atoms with E-state index in [0.29, 0.717) is 10.9 Å². The fourth-order valence-corrected chi connectivity index (χ4v) is 2.87. The second kappa shape index (κ2) is 6.60. The zero-order valence-corrected chi connectivity index (χ0v) is 14.9. The minimum atomic E-state index is -0.0728. The van der Waals surface area contributed by atoms with Gasteiger partial charge in [0.05, 0.1) is 6.42 Å². The molecule has 3 rings (SSSR count). The number of nitrogens with one attached hydrogen (secondary N) is 1. The smallest absolute Gasteiger partial charge is 0.253 e. The van der Waals surface area contributed by atoms with Gasteiger partial charge < -0.3 is 5.32 Å². The van der Waals surface area contributed by atoms with Gasteiger partial charge in [-0.25, -0.2) is 9.50 Å². The molecule has 0 aliphatic heterocycles. The fourth-order valence-electron chi connectivity index (χ4n) is 2.53. The highest BCUT2D eigenvalue weighted by Gasteiger charge is 2.16. The van der Waals surface area contributed by atoms with Gasteiger partial charge in [-0.3, -0.25) is 4.79 Å². The van der Waals surface area contributed by atoms with E-state index in [9.17, 15) is 4.79 Å². The fraction of sp³-hybridized carbons (Fsp3) is 0.294. The molecule has 0 fully saturated rings. The van der Waals surface area contributed by atoms with E-state index in [-0.39, 0.29) is 12.3 Å². The summed E-state index contributed by atoms with van der Waals surface area (Å²) in [5.74, 6) is 0.494. The monoisotopic (exact) mass is 341 g/mol. The van der Waals surface area contributed by atoms with Gasteiger partial charge in [0.15, 0.2) is 0 Å². The highest BCUT2D eigenvalue weighted by molar-refractivity contribution is 7.98. The first-order valence-electron chi connectivity index (χ1n) is 7.61. The molecule has 3 aromatic rings. The van der Waals surface area contributed by atoms with Gasteiger partial charge in [-0.2, -0.15) is 4.98 Å². The lowest BCUT2D eigenvalue weighted by atomic mass is 10.1. The van der Waals surface area contributed by atoms with E-state index in [0.717, 1.165) is 28.2 Å².